The molecule has 118 valence electrons. The summed E-state index contributed by atoms with van der Waals surface area (Å²) in [5.41, 5.74) is 0. The minimum Gasteiger partial charge on any atom is -0.275 e. The molecule has 2 unspecified atom stereocenters. The maximum atomic E-state index is 12.0. The van der Waals surface area contributed by atoms with Crippen LogP contribution in [-0.4, -0.2) is 76.5 Å². The van der Waals surface area contributed by atoms with Gasteiger partial charge in [-0.25, -0.2) is 29.8 Å². The summed E-state index contributed by atoms with van der Waals surface area (Å²) in [6.45, 7) is 1.77. The number of carbonyl (C=O) groups excluding carboxylic acids is 4. The predicted molar refractivity (Wildman–Crippen MR) is 57.9 cm³/mol. The summed E-state index contributed by atoms with van der Waals surface area (Å²) in [6, 6.07) is -2.77. The molecule has 0 spiro atoms. The Morgan fingerprint density at radius 1 is 0.864 bits per heavy atom. The summed E-state index contributed by atoms with van der Waals surface area (Å²) in [7, 11) is 0. The maximum Gasteiger partial charge on any atom is 0.393 e. The van der Waals surface area contributed by atoms with Gasteiger partial charge in [-0.3, -0.25) is 9.59 Å². The molecule has 2 atom stereocenters. The topological polar surface area (TPSA) is 162 Å². The van der Waals surface area contributed by atoms with Gasteiger partial charge in [0.05, 0.1) is 0 Å². The number of carbonyl (C=O) groups is 4. The van der Waals surface area contributed by atoms with E-state index < -0.39 is 46.3 Å². The molecule has 2 N–H and O–H groups in total. The summed E-state index contributed by atoms with van der Waals surface area (Å²) >= 11 is 0. The van der Waals surface area contributed by atoms with Gasteiger partial charge in [-0.15, -0.1) is 0 Å². The van der Waals surface area contributed by atoms with Gasteiger partial charge in [0.2, 0.25) is 24.1 Å². The van der Waals surface area contributed by atoms with E-state index >= 15 is 0 Å². The van der Waals surface area contributed by atoms with Gasteiger partial charge >= 0.3 is 22.1 Å². The molecule has 2 rings (SSSR count). The summed E-state index contributed by atoms with van der Waals surface area (Å²) in [6.07, 6.45) is -3.63. The van der Waals surface area contributed by atoms with Crippen molar-refractivity contribution in [3.63, 3.8) is 0 Å². The first-order chi connectivity index (χ1) is 10.1. The van der Waals surface area contributed by atoms with Gasteiger partial charge in [-0.2, -0.15) is 0 Å². The van der Waals surface area contributed by atoms with Crippen LogP contribution in [0.2, 0.25) is 0 Å². The third kappa shape index (κ3) is 1.73. The van der Waals surface area contributed by atoms with Gasteiger partial charge in [0.1, 0.15) is 9.81 Å². The Kier molecular flexibility index (Phi) is 3.16. The van der Waals surface area contributed by atoms with Crippen LogP contribution in [0.4, 0.5) is 9.59 Å². The number of amides is 6. The lowest BCUT2D eigenvalue weighted by atomic mass is 10.3. The van der Waals surface area contributed by atoms with Crippen molar-refractivity contribution in [2.75, 3.05) is 0 Å². The number of fused-ring (bicyclic) bond motifs is 1. The van der Waals surface area contributed by atoms with E-state index in [1.54, 1.807) is 0 Å². The van der Waals surface area contributed by atoms with E-state index in [1.165, 1.54) is 0 Å². The van der Waals surface area contributed by atoms with E-state index in [2.05, 4.69) is 0 Å². The van der Waals surface area contributed by atoms with Gasteiger partial charge in [0.15, 0.2) is 0 Å². The Labute approximate surface area is 120 Å². The second kappa shape index (κ2) is 4.61. The van der Waals surface area contributed by atoms with E-state index in [0.29, 0.717) is 0 Å². The molecule has 0 radical (unpaired) electrons. The fourth-order valence-electron chi connectivity index (χ4n) is 2.40. The van der Waals surface area contributed by atoms with Gasteiger partial charge in [0, 0.05) is 23.9 Å². The molecular weight excluding hydrogens is 308 g/mol. The number of hydrazine groups is 2. The Morgan fingerprint density at radius 3 is 1.32 bits per heavy atom. The molecule has 22 heavy (non-hydrogen) atoms. The standard InChI is InChI=1S/C8H10N6O8/c1-3(15)9-5-6(12(7(9)17)14(21)22)10(4(2)16)8(18)11(5)13(19)20/h5-6H,1-2H3,(H,19,20)(H,21,22)/q+2. The molecule has 2 saturated heterocycles. The van der Waals surface area contributed by atoms with E-state index in [9.17, 15) is 29.0 Å². The molecule has 0 aromatic rings. The molecule has 2 heterocycles. The van der Waals surface area contributed by atoms with Crippen molar-refractivity contribution in [1.82, 2.24) is 19.8 Å². The van der Waals surface area contributed by atoms with Crippen molar-refractivity contribution >= 4 is 23.9 Å². The molecule has 0 aromatic carbocycles. The van der Waals surface area contributed by atoms with Crippen LogP contribution in [-0.2, 0) is 9.59 Å². The number of imide groups is 2. The highest BCUT2D eigenvalue weighted by atomic mass is 16.7. The van der Waals surface area contributed by atoms with Crippen molar-refractivity contribution in [1.29, 1.82) is 0 Å². The first-order valence-corrected chi connectivity index (χ1v) is 5.69. The zero-order valence-corrected chi connectivity index (χ0v) is 11.2. The van der Waals surface area contributed by atoms with E-state index in [0.717, 1.165) is 13.8 Å². The second-order valence-corrected chi connectivity index (χ2v) is 4.37. The molecule has 14 heteroatoms. The predicted octanol–water partition coefficient (Wildman–Crippen LogP) is -1.63. The molecule has 2 aliphatic rings. The van der Waals surface area contributed by atoms with Crippen molar-refractivity contribution in [3.05, 3.63) is 9.81 Å². The lowest BCUT2D eigenvalue weighted by Gasteiger charge is -2.16. The smallest absolute Gasteiger partial charge is 0.275 e. The number of rotatable bonds is 2. The van der Waals surface area contributed by atoms with Crippen LogP contribution in [0.15, 0.2) is 0 Å². The fourth-order valence-corrected chi connectivity index (χ4v) is 2.40. The quantitative estimate of drug-likeness (QED) is 0.573. The molecule has 0 aliphatic carbocycles. The Morgan fingerprint density at radius 2 is 1.14 bits per heavy atom. The minimum atomic E-state index is -1.81. The lowest BCUT2D eigenvalue weighted by Crippen LogP contribution is -2.52. The first-order valence-electron chi connectivity index (χ1n) is 5.69. The SMILES string of the molecule is CC(=O)N1C(=O)N([N+](=O)O)C2C1N([N+](=O)O)C(=O)N2C(C)=O. The van der Waals surface area contributed by atoms with E-state index in [1.807, 2.05) is 0 Å². The molecule has 0 aromatic heterocycles. The summed E-state index contributed by atoms with van der Waals surface area (Å²) in [4.78, 5) is 69.9. The largest absolute Gasteiger partial charge is 0.393 e. The highest BCUT2D eigenvalue weighted by Crippen LogP contribution is 2.34. The zero-order valence-electron chi connectivity index (χ0n) is 11.2. The number of urea groups is 2. The Bertz CT molecular complexity index is 530. The van der Waals surface area contributed by atoms with Crippen LogP contribution in [0.5, 0.6) is 0 Å². The zero-order chi connectivity index (χ0) is 16.9. The van der Waals surface area contributed by atoms with Crippen LogP contribution >= 0.6 is 0 Å². The second-order valence-electron chi connectivity index (χ2n) is 4.37. The Balaban J connectivity index is 2.66. The van der Waals surface area contributed by atoms with Crippen LogP contribution in [0.1, 0.15) is 13.8 Å². The molecule has 0 bridgehead atoms. The Hall–Kier alpha value is -3.32. The molecule has 0 saturated carbocycles. The molecule has 6 amide bonds. The minimum absolute atomic E-state index is 0.0190. The van der Waals surface area contributed by atoms with Gasteiger partial charge in [-0.1, -0.05) is 0 Å². The van der Waals surface area contributed by atoms with Gasteiger partial charge in [0.25, 0.3) is 0 Å². The molecule has 2 aliphatic heterocycles. The van der Waals surface area contributed by atoms with Crippen molar-refractivity contribution < 1.29 is 39.7 Å². The van der Waals surface area contributed by atoms with E-state index in [-0.39, 0.29) is 19.8 Å². The van der Waals surface area contributed by atoms with Crippen LogP contribution < -0.4 is 0 Å². The van der Waals surface area contributed by atoms with E-state index in [4.69, 9.17) is 10.4 Å². The van der Waals surface area contributed by atoms with Gasteiger partial charge in [-0.05, 0) is 0 Å². The summed E-state index contributed by atoms with van der Waals surface area (Å²) in [5.74, 6) is -1.98. The number of hydrogen-bond donors (Lipinski definition) is 2. The van der Waals surface area contributed by atoms with Crippen LogP contribution in [0.25, 0.3) is 0 Å². The molecule has 14 nitrogen and oxygen atoms in total. The monoisotopic (exact) mass is 318 g/mol. The van der Waals surface area contributed by atoms with Crippen molar-refractivity contribution in [3.8, 4) is 0 Å². The summed E-state index contributed by atoms with van der Waals surface area (Å²) in [5, 5.41) is 16.0. The van der Waals surface area contributed by atoms with Crippen LogP contribution in [0, 0.1) is 9.81 Å². The average Bonchev–Trinajstić information content (AvgIpc) is 2.76. The normalized spacial score (nSPS) is 23.9. The maximum absolute atomic E-state index is 12.0. The molecular formula is C8H10N6O8+2. The molecule has 2 fully saturated rings. The van der Waals surface area contributed by atoms with Crippen molar-refractivity contribution in [2.24, 2.45) is 0 Å². The third-order valence-corrected chi connectivity index (χ3v) is 3.15. The lowest BCUT2D eigenvalue weighted by molar-refractivity contribution is -0.900. The average molecular weight is 318 g/mol. The fraction of sp³-hybridized carbons (Fsp3) is 0.500. The van der Waals surface area contributed by atoms with Crippen LogP contribution in [0.3, 0.4) is 0 Å². The third-order valence-electron chi connectivity index (χ3n) is 3.15. The number of hydrogen-bond acceptors (Lipinski definition) is 6. The van der Waals surface area contributed by atoms with Crippen molar-refractivity contribution in [2.45, 2.75) is 26.2 Å². The van der Waals surface area contributed by atoms with Gasteiger partial charge < -0.3 is 0 Å². The highest BCUT2D eigenvalue weighted by molar-refractivity contribution is 6.01. The number of nitrogens with zero attached hydrogens (tertiary/aromatic N) is 6. The highest BCUT2D eigenvalue weighted by Gasteiger charge is 2.73. The summed E-state index contributed by atoms with van der Waals surface area (Å²) < 4.78 is 0. The first kappa shape index (κ1) is 15.1.